The predicted octanol–water partition coefficient (Wildman–Crippen LogP) is 3.37. The number of thiazole rings is 1. The predicted molar refractivity (Wildman–Crippen MR) is 87.6 cm³/mol. The van der Waals surface area contributed by atoms with Gasteiger partial charge in [0.05, 0.1) is 21.9 Å². The van der Waals surface area contributed by atoms with Crippen LogP contribution in [-0.4, -0.2) is 14.8 Å². The van der Waals surface area contributed by atoms with Gasteiger partial charge in [0.15, 0.2) is 0 Å². The molecule has 1 atom stereocenters. The third-order valence-electron chi connectivity index (χ3n) is 3.72. The van der Waals surface area contributed by atoms with Gasteiger partial charge in [-0.15, -0.1) is 11.3 Å². The van der Waals surface area contributed by atoms with Crippen molar-refractivity contribution in [3.8, 4) is 0 Å². The van der Waals surface area contributed by atoms with Crippen LogP contribution in [0, 0.1) is 13.8 Å². The lowest BCUT2D eigenvalue weighted by Gasteiger charge is -2.08. The molecule has 0 radical (unpaired) electrons. The molecule has 0 saturated heterocycles. The van der Waals surface area contributed by atoms with E-state index in [4.69, 9.17) is 10.8 Å². The van der Waals surface area contributed by atoms with Gasteiger partial charge in [0.2, 0.25) is 0 Å². The van der Waals surface area contributed by atoms with Gasteiger partial charge in [0.25, 0.3) is 0 Å². The fourth-order valence-corrected chi connectivity index (χ4v) is 3.71. The monoisotopic (exact) mass is 300 g/mol. The van der Waals surface area contributed by atoms with Gasteiger partial charge in [-0.25, -0.2) is 4.98 Å². The third-order valence-corrected chi connectivity index (χ3v) is 4.93. The van der Waals surface area contributed by atoms with E-state index in [0.29, 0.717) is 0 Å². The zero-order chi connectivity index (χ0) is 15.0. The van der Waals surface area contributed by atoms with Gasteiger partial charge in [-0.2, -0.15) is 5.10 Å². The first-order chi connectivity index (χ1) is 10.1. The van der Waals surface area contributed by atoms with E-state index in [0.717, 1.165) is 29.4 Å². The molecule has 3 rings (SSSR count). The molecule has 0 fully saturated rings. The maximum atomic E-state index is 6.40. The highest BCUT2D eigenvalue weighted by molar-refractivity contribution is 7.11. The van der Waals surface area contributed by atoms with Crippen molar-refractivity contribution in [2.45, 2.75) is 39.8 Å². The lowest BCUT2D eigenvalue weighted by Crippen LogP contribution is -2.13. The minimum Gasteiger partial charge on any atom is -0.323 e. The number of rotatable bonds is 4. The number of nitrogens with two attached hydrogens (primary N) is 1. The molecule has 0 aliphatic carbocycles. The Morgan fingerprint density at radius 1 is 1.29 bits per heavy atom. The Balaban J connectivity index is 1.96. The van der Waals surface area contributed by atoms with Crippen molar-refractivity contribution >= 4 is 22.2 Å². The van der Waals surface area contributed by atoms with Gasteiger partial charge in [0, 0.05) is 29.3 Å². The van der Waals surface area contributed by atoms with E-state index in [1.54, 1.807) is 11.3 Å². The Hall–Kier alpha value is -1.72. The molecule has 4 nitrogen and oxygen atoms in total. The summed E-state index contributed by atoms with van der Waals surface area (Å²) >= 11 is 1.69. The van der Waals surface area contributed by atoms with Crippen LogP contribution in [0.4, 0.5) is 0 Å². The molecule has 0 saturated carbocycles. The molecule has 5 heteroatoms. The topological polar surface area (TPSA) is 56.7 Å². The molecule has 0 aliphatic rings. The fraction of sp³-hybridized carbons (Fsp3) is 0.375. The Morgan fingerprint density at radius 3 is 2.71 bits per heavy atom. The summed E-state index contributed by atoms with van der Waals surface area (Å²) in [4.78, 5) is 5.64. The number of fused-ring (bicyclic) bond motifs is 1. The molecule has 0 spiro atoms. The van der Waals surface area contributed by atoms with Crippen molar-refractivity contribution in [3.63, 3.8) is 0 Å². The molecule has 3 aromatic rings. The second-order valence-corrected chi connectivity index (χ2v) is 6.51. The maximum Gasteiger partial charge on any atom is 0.0900 e. The quantitative estimate of drug-likeness (QED) is 0.803. The maximum absolute atomic E-state index is 6.40. The van der Waals surface area contributed by atoms with Crippen LogP contribution in [0.5, 0.6) is 0 Å². The van der Waals surface area contributed by atoms with Crippen LogP contribution >= 0.6 is 11.3 Å². The number of hydrogen-bond acceptors (Lipinski definition) is 4. The number of aromatic nitrogens is 3. The normalized spacial score (nSPS) is 13.0. The van der Waals surface area contributed by atoms with E-state index in [2.05, 4.69) is 36.2 Å². The highest BCUT2D eigenvalue weighted by Crippen LogP contribution is 2.28. The zero-order valence-corrected chi connectivity index (χ0v) is 13.4. The van der Waals surface area contributed by atoms with Gasteiger partial charge < -0.3 is 5.73 Å². The molecule has 1 unspecified atom stereocenters. The zero-order valence-electron chi connectivity index (χ0n) is 12.6. The van der Waals surface area contributed by atoms with Crippen molar-refractivity contribution in [1.82, 2.24) is 14.8 Å². The molecular weight excluding hydrogens is 280 g/mol. The molecule has 2 aromatic heterocycles. The number of nitrogens with zero attached hydrogens (tertiary/aromatic N) is 3. The standard InChI is InChI=1S/C16H20N4S/c1-4-20-15-8-6-5-7-12(15)14(19-20)9-13(17)16-10(2)18-11(3)21-16/h5-8,13H,4,9,17H2,1-3H3. The van der Waals surface area contributed by atoms with E-state index in [9.17, 15) is 0 Å². The summed E-state index contributed by atoms with van der Waals surface area (Å²) in [5.41, 5.74) is 9.70. The van der Waals surface area contributed by atoms with E-state index in [1.165, 1.54) is 15.8 Å². The molecule has 2 N–H and O–H groups in total. The molecule has 0 aliphatic heterocycles. The largest absolute Gasteiger partial charge is 0.323 e. The smallest absolute Gasteiger partial charge is 0.0900 e. The summed E-state index contributed by atoms with van der Waals surface area (Å²) in [5, 5.41) is 7.00. The number of hydrogen-bond donors (Lipinski definition) is 1. The van der Waals surface area contributed by atoms with Crippen LogP contribution < -0.4 is 5.73 Å². The molecular formula is C16H20N4S. The molecule has 1 aromatic carbocycles. The van der Waals surface area contributed by atoms with E-state index < -0.39 is 0 Å². The first-order valence-electron chi connectivity index (χ1n) is 7.24. The van der Waals surface area contributed by atoms with Crippen molar-refractivity contribution in [1.29, 1.82) is 0 Å². The molecule has 110 valence electrons. The van der Waals surface area contributed by atoms with Crippen LogP contribution in [-0.2, 0) is 13.0 Å². The fourth-order valence-electron chi connectivity index (χ4n) is 2.78. The van der Waals surface area contributed by atoms with E-state index in [1.807, 2.05) is 18.5 Å². The Kier molecular flexibility index (Phi) is 3.78. The average Bonchev–Trinajstić information content (AvgIpc) is 2.99. The first-order valence-corrected chi connectivity index (χ1v) is 8.05. The van der Waals surface area contributed by atoms with Crippen LogP contribution in [0.3, 0.4) is 0 Å². The second kappa shape index (κ2) is 5.58. The van der Waals surface area contributed by atoms with Crippen LogP contribution in [0.25, 0.3) is 10.9 Å². The van der Waals surface area contributed by atoms with Crippen molar-refractivity contribution in [2.24, 2.45) is 5.73 Å². The van der Waals surface area contributed by atoms with Crippen LogP contribution in [0.2, 0.25) is 0 Å². The second-order valence-electron chi connectivity index (χ2n) is 5.27. The third kappa shape index (κ3) is 2.59. The van der Waals surface area contributed by atoms with Crippen LogP contribution in [0.1, 0.15) is 34.2 Å². The van der Waals surface area contributed by atoms with Gasteiger partial charge >= 0.3 is 0 Å². The summed E-state index contributed by atoms with van der Waals surface area (Å²) in [7, 11) is 0. The van der Waals surface area contributed by atoms with Gasteiger partial charge in [-0.05, 0) is 26.8 Å². The highest BCUT2D eigenvalue weighted by Gasteiger charge is 2.17. The van der Waals surface area contributed by atoms with Gasteiger partial charge in [0.1, 0.15) is 0 Å². The lowest BCUT2D eigenvalue weighted by molar-refractivity contribution is 0.643. The summed E-state index contributed by atoms with van der Waals surface area (Å²) in [6.45, 7) is 7.03. The van der Waals surface area contributed by atoms with Crippen molar-refractivity contribution in [3.05, 3.63) is 45.5 Å². The molecule has 0 bridgehead atoms. The van der Waals surface area contributed by atoms with E-state index in [-0.39, 0.29) is 6.04 Å². The number of para-hydroxylation sites is 1. The Bertz CT molecular complexity index is 772. The minimum absolute atomic E-state index is 0.0418. The summed E-state index contributed by atoms with van der Waals surface area (Å²) in [6.07, 6.45) is 0.746. The minimum atomic E-state index is -0.0418. The highest BCUT2D eigenvalue weighted by atomic mass is 32.1. The SMILES string of the molecule is CCn1nc(CC(N)c2sc(C)nc2C)c2ccccc21. The first kappa shape index (κ1) is 14.2. The lowest BCUT2D eigenvalue weighted by atomic mass is 10.1. The number of aryl methyl sites for hydroxylation is 3. The van der Waals surface area contributed by atoms with Gasteiger partial charge in [-0.1, -0.05) is 18.2 Å². The summed E-state index contributed by atoms with van der Waals surface area (Å²) < 4.78 is 2.04. The molecule has 21 heavy (non-hydrogen) atoms. The average molecular weight is 300 g/mol. The van der Waals surface area contributed by atoms with Crippen LogP contribution in [0.15, 0.2) is 24.3 Å². The summed E-state index contributed by atoms with van der Waals surface area (Å²) in [6, 6.07) is 8.31. The van der Waals surface area contributed by atoms with E-state index >= 15 is 0 Å². The van der Waals surface area contributed by atoms with Crippen molar-refractivity contribution in [2.75, 3.05) is 0 Å². The molecule has 2 heterocycles. The van der Waals surface area contributed by atoms with Crippen molar-refractivity contribution < 1.29 is 0 Å². The summed E-state index contributed by atoms with van der Waals surface area (Å²) in [5.74, 6) is 0. The number of benzene rings is 1. The Labute approximate surface area is 128 Å². The molecule has 0 amide bonds. The Morgan fingerprint density at radius 2 is 2.05 bits per heavy atom. The van der Waals surface area contributed by atoms with Gasteiger partial charge in [-0.3, -0.25) is 4.68 Å².